The van der Waals surface area contributed by atoms with Crippen LogP contribution in [-0.2, 0) is 0 Å². The second kappa shape index (κ2) is 7.42. The summed E-state index contributed by atoms with van der Waals surface area (Å²) < 4.78 is 32.2. The summed E-state index contributed by atoms with van der Waals surface area (Å²) in [5.41, 5.74) is -1.79. The van der Waals surface area contributed by atoms with Crippen molar-refractivity contribution in [1.29, 1.82) is 0 Å². The van der Waals surface area contributed by atoms with Gasteiger partial charge in [-0.05, 0) is 31.2 Å². The number of pyridine rings is 1. The quantitative estimate of drug-likeness (QED) is 0.608. The van der Waals surface area contributed by atoms with Gasteiger partial charge in [0.2, 0.25) is 5.43 Å². The number of aromatic hydroxyl groups is 1. The highest BCUT2D eigenvalue weighted by Gasteiger charge is 2.28. The highest BCUT2D eigenvalue weighted by molar-refractivity contribution is 5.96. The molecule has 1 aromatic heterocycles. The van der Waals surface area contributed by atoms with Gasteiger partial charge in [-0.1, -0.05) is 0 Å². The Kier molecular flexibility index (Phi) is 4.90. The molecule has 30 heavy (non-hydrogen) atoms. The molecule has 1 saturated heterocycles. The first-order valence-electron chi connectivity index (χ1n) is 9.36. The summed E-state index contributed by atoms with van der Waals surface area (Å²) in [4.78, 5) is 26.0. The Morgan fingerprint density at radius 2 is 1.73 bits per heavy atom. The SMILES string of the molecule is Cc1c(F)c(N2CCNCC2)c(F)c2c1c(=O)c(C(=O)O)cn2-c1ccc(O)cc1. The van der Waals surface area contributed by atoms with Crippen LogP contribution in [0.15, 0.2) is 35.3 Å². The summed E-state index contributed by atoms with van der Waals surface area (Å²) in [6.45, 7) is 3.22. The van der Waals surface area contributed by atoms with Gasteiger partial charge < -0.3 is 25.0 Å². The average molecular weight is 415 g/mol. The van der Waals surface area contributed by atoms with E-state index in [0.29, 0.717) is 31.9 Å². The lowest BCUT2D eigenvalue weighted by Crippen LogP contribution is -2.44. The van der Waals surface area contributed by atoms with Gasteiger partial charge in [0.1, 0.15) is 17.0 Å². The topological polar surface area (TPSA) is 94.8 Å². The number of carbonyl (C=O) groups is 1. The van der Waals surface area contributed by atoms with E-state index in [2.05, 4.69) is 5.32 Å². The van der Waals surface area contributed by atoms with Gasteiger partial charge in [-0.15, -0.1) is 0 Å². The molecule has 0 saturated carbocycles. The van der Waals surface area contributed by atoms with Crippen LogP contribution in [0.2, 0.25) is 0 Å². The Bertz CT molecular complexity index is 1220. The van der Waals surface area contributed by atoms with E-state index in [-0.39, 0.29) is 27.9 Å². The highest BCUT2D eigenvalue weighted by Crippen LogP contribution is 2.34. The lowest BCUT2D eigenvalue weighted by Gasteiger charge is -2.31. The highest BCUT2D eigenvalue weighted by atomic mass is 19.1. The third-order valence-electron chi connectivity index (χ3n) is 5.33. The zero-order valence-corrected chi connectivity index (χ0v) is 16.1. The fourth-order valence-corrected chi connectivity index (χ4v) is 3.81. The van der Waals surface area contributed by atoms with Crippen molar-refractivity contribution in [2.24, 2.45) is 0 Å². The van der Waals surface area contributed by atoms with Crippen LogP contribution in [0.4, 0.5) is 14.5 Å². The Morgan fingerprint density at radius 1 is 1.10 bits per heavy atom. The Balaban J connectivity index is 2.14. The molecule has 4 rings (SSSR count). The first-order valence-corrected chi connectivity index (χ1v) is 9.36. The third-order valence-corrected chi connectivity index (χ3v) is 5.33. The minimum absolute atomic E-state index is 0.0354. The largest absolute Gasteiger partial charge is 0.508 e. The second-order valence-electron chi connectivity index (χ2n) is 7.13. The lowest BCUT2D eigenvalue weighted by molar-refractivity contribution is 0.0695. The molecule has 3 N–H and O–H groups in total. The number of hydrogen-bond acceptors (Lipinski definition) is 5. The number of hydrogen-bond donors (Lipinski definition) is 3. The monoisotopic (exact) mass is 415 g/mol. The molecule has 3 aromatic rings. The van der Waals surface area contributed by atoms with E-state index in [0.717, 1.165) is 6.20 Å². The molecule has 2 aromatic carbocycles. The van der Waals surface area contributed by atoms with E-state index < -0.39 is 28.6 Å². The van der Waals surface area contributed by atoms with Crippen molar-refractivity contribution in [3.8, 4) is 11.4 Å². The number of carboxylic acids is 1. The molecule has 0 unspecified atom stereocenters. The van der Waals surface area contributed by atoms with E-state index in [1.165, 1.54) is 35.8 Å². The fourth-order valence-electron chi connectivity index (χ4n) is 3.81. The standard InChI is InChI=1S/C21H19F2N3O4/c1-11-15-18(17(23)19(16(11)22)25-8-6-24-7-9-25)26(10-14(20(15)28)21(29)30)12-2-4-13(27)5-3-12/h2-5,10,24,27H,6-9H2,1H3,(H,29,30). The van der Waals surface area contributed by atoms with Crippen molar-refractivity contribution in [2.75, 3.05) is 31.1 Å². The van der Waals surface area contributed by atoms with Gasteiger partial charge in [-0.2, -0.15) is 0 Å². The number of aryl methyl sites for hydroxylation is 1. The minimum atomic E-state index is -1.50. The maximum Gasteiger partial charge on any atom is 0.341 e. The Hall–Kier alpha value is -3.46. The van der Waals surface area contributed by atoms with Crippen molar-refractivity contribution in [2.45, 2.75) is 6.92 Å². The van der Waals surface area contributed by atoms with Crippen molar-refractivity contribution >= 4 is 22.6 Å². The smallest absolute Gasteiger partial charge is 0.341 e. The number of nitrogens with zero attached hydrogens (tertiary/aromatic N) is 2. The number of phenolic OH excluding ortho intramolecular Hbond substituents is 1. The molecule has 156 valence electrons. The molecule has 7 nitrogen and oxygen atoms in total. The maximum atomic E-state index is 15.8. The molecule has 1 aliphatic rings. The summed E-state index contributed by atoms with van der Waals surface area (Å²) in [6.07, 6.45) is 1.03. The van der Waals surface area contributed by atoms with Crippen LogP contribution < -0.4 is 15.6 Å². The fraction of sp³-hybridized carbons (Fsp3) is 0.238. The maximum absolute atomic E-state index is 15.8. The first kappa shape index (κ1) is 19.8. The van der Waals surface area contributed by atoms with Crippen LogP contribution in [0.1, 0.15) is 15.9 Å². The predicted octanol–water partition coefficient (Wildman–Crippen LogP) is 2.39. The predicted molar refractivity (Wildman–Crippen MR) is 108 cm³/mol. The number of phenols is 1. The summed E-state index contributed by atoms with van der Waals surface area (Å²) in [6, 6.07) is 5.61. The number of fused-ring (bicyclic) bond motifs is 1. The van der Waals surface area contributed by atoms with Crippen LogP contribution in [-0.4, -0.2) is 46.9 Å². The molecule has 2 heterocycles. The number of aromatic carboxylic acids is 1. The minimum Gasteiger partial charge on any atom is -0.508 e. The molecule has 1 fully saturated rings. The van der Waals surface area contributed by atoms with Gasteiger partial charge >= 0.3 is 5.97 Å². The van der Waals surface area contributed by atoms with Crippen LogP contribution in [0.5, 0.6) is 5.75 Å². The molecule has 0 bridgehead atoms. The van der Waals surface area contributed by atoms with Gasteiger partial charge in [-0.25, -0.2) is 13.6 Å². The van der Waals surface area contributed by atoms with Gasteiger partial charge in [0.15, 0.2) is 11.6 Å². The van der Waals surface area contributed by atoms with Crippen LogP contribution in [0.25, 0.3) is 16.6 Å². The van der Waals surface area contributed by atoms with Gasteiger partial charge in [0, 0.05) is 43.6 Å². The summed E-state index contributed by atoms with van der Waals surface area (Å²) in [5, 5.41) is 21.8. The summed E-state index contributed by atoms with van der Waals surface area (Å²) in [5.74, 6) is -3.34. The van der Waals surface area contributed by atoms with Gasteiger partial charge in [0.05, 0.1) is 10.9 Å². The molecule has 0 spiro atoms. The summed E-state index contributed by atoms with van der Waals surface area (Å²) in [7, 11) is 0. The van der Waals surface area contributed by atoms with Crippen molar-refractivity contribution in [3.05, 3.63) is 63.4 Å². The number of carboxylic acid groups (broad SMARTS) is 1. The van der Waals surface area contributed by atoms with E-state index in [1.807, 2.05) is 0 Å². The van der Waals surface area contributed by atoms with Crippen LogP contribution >= 0.6 is 0 Å². The molecule has 9 heteroatoms. The lowest BCUT2D eigenvalue weighted by atomic mass is 10.0. The number of anilines is 1. The molecular formula is C21H19F2N3O4. The number of halogens is 2. The number of nitrogens with one attached hydrogen (secondary N) is 1. The molecule has 0 atom stereocenters. The molecule has 1 aliphatic heterocycles. The van der Waals surface area contributed by atoms with E-state index in [9.17, 15) is 19.8 Å². The van der Waals surface area contributed by atoms with Crippen molar-refractivity contribution in [1.82, 2.24) is 9.88 Å². The number of aromatic nitrogens is 1. The number of piperazine rings is 1. The second-order valence-corrected chi connectivity index (χ2v) is 7.13. The van der Waals surface area contributed by atoms with E-state index in [4.69, 9.17) is 0 Å². The van der Waals surface area contributed by atoms with Crippen LogP contribution in [0.3, 0.4) is 0 Å². The molecule has 0 aliphatic carbocycles. The molecular weight excluding hydrogens is 396 g/mol. The van der Waals surface area contributed by atoms with Gasteiger partial charge in [0.25, 0.3) is 0 Å². The van der Waals surface area contributed by atoms with Gasteiger partial charge in [-0.3, -0.25) is 4.79 Å². The van der Waals surface area contributed by atoms with Crippen molar-refractivity contribution < 1.29 is 23.8 Å². The van der Waals surface area contributed by atoms with Crippen molar-refractivity contribution in [3.63, 3.8) is 0 Å². The van der Waals surface area contributed by atoms with E-state index >= 15 is 8.78 Å². The van der Waals surface area contributed by atoms with Crippen LogP contribution in [0, 0.1) is 18.6 Å². The Labute approximate surface area is 169 Å². The third kappa shape index (κ3) is 3.07. The van der Waals surface area contributed by atoms with E-state index in [1.54, 1.807) is 4.90 Å². The number of rotatable bonds is 3. The zero-order chi connectivity index (χ0) is 21.6. The molecule has 0 radical (unpaired) electrons. The average Bonchev–Trinajstić information content (AvgIpc) is 2.73. The number of benzene rings is 2. The summed E-state index contributed by atoms with van der Waals surface area (Å²) >= 11 is 0. The first-order chi connectivity index (χ1) is 14.3. The Morgan fingerprint density at radius 3 is 2.33 bits per heavy atom. The normalized spacial score (nSPS) is 14.3. The zero-order valence-electron chi connectivity index (χ0n) is 16.1. The molecule has 0 amide bonds.